The number of rotatable bonds is 5. The zero-order valence-corrected chi connectivity index (χ0v) is 12.0. The Morgan fingerprint density at radius 2 is 2.10 bits per heavy atom. The van der Waals surface area contributed by atoms with Crippen molar-refractivity contribution in [3.05, 3.63) is 23.9 Å². The number of anilines is 1. The number of aliphatic carboxylic acids is 1. The van der Waals surface area contributed by atoms with Gasteiger partial charge >= 0.3 is 11.9 Å². The van der Waals surface area contributed by atoms with Crippen LogP contribution in [0.2, 0.25) is 0 Å². The average molecular weight is 292 g/mol. The van der Waals surface area contributed by atoms with Crippen molar-refractivity contribution < 1.29 is 19.4 Å². The van der Waals surface area contributed by atoms with Crippen LogP contribution in [0.3, 0.4) is 0 Å². The minimum atomic E-state index is -0.686. The summed E-state index contributed by atoms with van der Waals surface area (Å²) in [6, 6.07) is 3.27. The maximum atomic E-state index is 11.4. The largest absolute Gasteiger partial charge is 0.481 e. The lowest BCUT2D eigenvalue weighted by Gasteiger charge is -2.26. The first kappa shape index (κ1) is 15.3. The fourth-order valence-corrected chi connectivity index (χ4v) is 2.63. The molecular weight excluding hydrogens is 272 g/mol. The van der Waals surface area contributed by atoms with Crippen LogP contribution in [0, 0.1) is 11.8 Å². The van der Waals surface area contributed by atoms with Gasteiger partial charge in [-0.1, -0.05) is 0 Å². The molecule has 1 aromatic rings. The van der Waals surface area contributed by atoms with Crippen molar-refractivity contribution in [2.24, 2.45) is 11.8 Å². The van der Waals surface area contributed by atoms with E-state index < -0.39 is 5.97 Å². The standard InChI is InChI=1S/C15H20N2O4/c1-21-15(20)12-6-7-16-13(8-12)17-9-10-2-4-11(5-3-10)14(18)19/h6-8,10-11H,2-5,9H2,1H3,(H,16,17)(H,18,19). The van der Waals surface area contributed by atoms with Crippen LogP contribution in [0.15, 0.2) is 18.3 Å². The zero-order valence-electron chi connectivity index (χ0n) is 12.0. The van der Waals surface area contributed by atoms with Crippen molar-refractivity contribution in [3.63, 3.8) is 0 Å². The molecule has 6 nitrogen and oxygen atoms in total. The van der Waals surface area contributed by atoms with E-state index >= 15 is 0 Å². The van der Waals surface area contributed by atoms with Crippen molar-refractivity contribution >= 4 is 17.8 Å². The third-order valence-electron chi connectivity index (χ3n) is 3.95. The van der Waals surface area contributed by atoms with Crippen LogP contribution < -0.4 is 5.32 Å². The van der Waals surface area contributed by atoms with E-state index in [1.165, 1.54) is 7.11 Å². The Kier molecular flexibility index (Phi) is 5.14. The Bertz CT molecular complexity index is 510. The highest BCUT2D eigenvalue weighted by atomic mass is 16.5. The lowest BCUT2D eigenvalue weighted by molar-refractivity contribution is -0.143. The molecule has 1 aromatic heterocycles. The molecule has 1 heterocycles. The van der Waals surface area contributed by atoms with Crippen molar-refractivity contribution in [3.8, 4) is 0 Å². The van der Waals surface area contributed by atoms with Gasteiger partial charge in [0.2, 0.25) is 0 Å². The van der Waals surface area contributed by atoms with Gasteiger partial charge in [0.15, 0.2) is 0 Å². The van der Waals surface area contributed by atoms with E-state index in [1.54, 1.807) is 18.3 Å². The first-order valence-electron chi connectivity index (χ1n) is 7.11. The summed E-state index contributed by atoms with van der Waals surface area (Å²) in [7, 11) is 1.34. The van der Waals surface area contributed by atoms with Gasteiger partial charge in [-0.25, -0.2) is 9.78 Å². The molecule has 21 heavy (non-hydrogen) atoms. The number of carbonyl (C=O) groups is 2. The first-order chi connectivity index (χ1) is 10.1. The van der Waals surface area contributed by atoms with E-state index in [1.807, 2.05) is 0 Å². The minimum absolute atomic E-state index is 0.193. The molecule has 2 N–H and O–H groups in total. The summed E-state index contributed by atoms with van der Waals surface area (Å²) in [6.07, 6.45) is 4.84. The number of nitrogens with one attached hydrogen (secondary N) is 1. The highest BCUT2D eigenvalue weighted by Crippen LogP contribution is 2.29. The Morgan fingerprint density at radius 1 is 1.38 bits per heavy atom. The molecule has 6 heteroatoms. The van der Waals surface area contributed by atoms with E-state index in [-0.39, 0.29) is 11.9 Å². The molecule has 0 radical (unpaired) electrons. The van der Waals surface area contributed by atoms with Gasteiger partial charge in [0.1, 0.15) is 5.82 Å². The predicted octanol–water partition coefficient (Wildman–Crippen LogP) is 2.17. The molecule has 0 spiro atoms. The molecule has 114 valence electrons. The van der Waals surface area contributed by atoms with Crippen LogP contribution in [-0.4, -0.2) is 35.7 Å². The molecule has 0 aliphatic heterocycles. The van der Waals surface area contributed by atoms with Gasteiger partial charge in [0.25, 0.3) is 0 Å². The number of carboxylic acids is 1. The van der Waals surface area contributed by atoms with E-state index in [9.17, 15) is 9.59 Å². The summed E-state index contributed by atoms with van der Waals surface area (Å²) >= 11 is 0. The second-order valence-corrected chi connectivity index (χ2v) is 5.36. The fraction of sp³-hybridized carbons (Fsp3) is 0.533. The van der Waals surface area contributed by atoms with Crippen molar-refractivity contribution in [2.75, 3.05) is 19.0 Å². The van der Waals surface area contributed by atoms with Crippen molar-refractivity contribution in [1.29, 1.82) is 0 Å². The lowest BCUT2D eigenvalue weighted by atomic mass is 9.82. The van der Waals surface area contributed by atoms with Gasteiger partial charge in [-0.05, 0) is 43.7 Å². The number of carbonyl (C=O) groups excluding carboxylic acids is 1. The molecule has 2 rings (SSSR count). The second kappa shape index (κ2) is 7.06. The summed E-state index contributed by atoms with van der Waals surface area (Å²) in [4.78, 5) is 26.5. The normalized spacial score (nSPS) is 21.6. The molecule has 0 saturated heterocycles. The summed E-state index contributed by atoms with van der Waals surface area (Å²) in [5, 5.41) is 12.2. The van der Waals surface area contributed by atoms with Crippen LogP contribution in [-0.2, 0) is 9.53 Å². The number of hydrogen-bond acceptors (Lipinski definition) is 5. The monoisotopic (exact) mass is 292 g/mol. The third-order valence-corrected chi connectivity index (χ3v) is 3.95. The van der Waals surface area contributed by atoms with Crippen LogP contribution in [0.1, 0.15) is 36.0 Å². The second-order valence-electron chi connectivity index (χ2n) is 5.36. The van der Waals surface area contributed by atoms with Crippen molar-refractivity contribution in [2.45, 2.75) is 25.7 Å². The topological polar surface area (TPSA) is 88.5 Å². The maximum Gasteiger partial charge on any atom is 0.338 e. The molecule has 1 fully saturated rings. The number of esters is 1. The summed E-state index contributed by atoms with van der Waals surface area (Å²) in [5.41, 5.74) is 0.463. The van der Waals surface area contributed by atoms with Crippen LogP contribution >= 0.6 is 0 Å². The van der Waals surface area contributed by atoms with Gasteiger partial charge in [-0.15, -0.1) is 0 Å². The van der Waals surface area contributed by atoms with Crippen LogP contribution in [0.5, 0.6) is 0 Å². The average Bonchev–Trinajstić information content (AvgIpc) is 2.52. The Hall–Kier alpha value is -2.11. The third kappa shape index (κ3) is 4.18. The van der Waals surface area contributed by atoms with Gasteiger partial charge in [0.05, 0.1) is 18.6 Å². The smallest absolute Gasteiger partial charge is 0.338 e. The molecule has 0 atom stereocenters. The zero-order chi connectivity index (χ0) is 15.2. The number of methoxy groups -OCH3 is 1. The highest BCUT2D eigenvalue weighted by molar-refractivity contribution is 5.89. The van der Waals surface area contributed by atoms with Crippen LogP contribution in [0.4, 0.5) is 5.82 Å². The van der Waals surface area contributed by atoms with Crippen molar-refractivity contribution in [1.82, 2.24) is 4.98 Å². The molecule has 0 aromatic carbocycles. The summed E-state index contributed by atoms with van der Waals surface area (Å²) in [5.74, 6) is -0.180. The molecule has 0 amide bonds. The molecular formula is C15H20N2O4. The fourth-order valence-electron chi connectivity index (χ4n) is 2.63. The number of carboxylic acid groups (broad SMARTS) is 1. The quantitative estimate of drug-likeness (QED) is 0.809. The predicted molar refractivity (Wildman–Crippen MR) is 77.2 cm³/mol. The molecule has 0 bridgehead atoms. The molecule has 0 unspecified atom stereocenters. The summed E-state index contributed by atoms with van der Waals surface area (Å²) in [6.45, 7) is 0.740. The number of aromatic nitrogens is 1. The first-order valence-corrected chi connectivity index (χ1v) is 7.11. The van der Waals surface area contributed by atoms with Gasteiger partial charge in [0, 0.05) is 12.7 Å². The number of nitrogens with zero attached hydrogens (tertiary/aromatic N) is 1. The Balaban J connectivity index is 1.84. The number of hydrogen-bond donors (Lipinski definition) is 2. The van der Waals surface area contributed by atoms with Gasteiger partial charge in [-0.3, -0.25) is 4.79 Å². The van der Waals surface area contributed by atoms with Gasteiger partial charge in [-0.2, -0.15) is 0 Å². The molecule has 1 aliphatic rings. The Morgan fingerprint density at radius 3 is 2.71 bits per heavy atom. The SMILES string of the molecule is COC(=O)c1ccnc(NCC2CCC(C(=O)O)CC2)c1. The lowest BCUT2D eigenvalue weighted by Crippen LogP contribution is -2.25. The van der Waals surface area contributed by atoms with E-state index in [2.05, 4.69) is 15.0 Å². The van der Waals surface area contributed by atoms with E-state index in [0.717, 1.165) is 32.2 Å². The van der Waals surface area contributed by atoms with Gasteiger partial charge < -0.3 is 15.2 Å². The number of ether oxygens (including phenoxy) is 1. The molecule has 1 saturated carbocycles. The maximum absolute atomic E-state index is 11.4. The highest BCUT2D eigenvalue weighted by Gasteiger charge is 2.25. The number of pyridine rings is 1. The van der Waals surface area contributed by atoms with E-state index in [4.69, 9.17) is 5.11 Å². The molecule has 1 aliphatic carbocycles. The summed E-state index contributed by atoms with van der Waals surface area (Å²) < 4.78 is 4.67. The van der Waals surface area contributed by atoms with E-state index in [0.29, 0.717) is 17.3 Å². The minimum Gasteiger partial charge on any atom is -0.481 e. The Labute approximate surface area is 123 Å². The van der Waals surface area contributed by atoms with Crippen LogP contribution in [0.25, 0.3) is 0 Å².